The van der Waals surface area contributed by atoms with Gasteiger partial charge in [0.1, 0.15) is 0 Å². The first-order chi connectivity index (χ1) is 17.4. The predicted molar refractivity (Wildman–Crippen MR) is 142 cm³/mol. The minimum atomic E-state index is -0.432. The molecule has 184 valence electrons. The van der Waals surface area contributed by atoms with Gasteiger partial charge in [-0.25, -0.2) is 0 Å². The van der Waals surface area contributed by atoms with Crippen molar-refractivity contribution in [2.75, 3.05) is 19.0 Å². The van der Waals surface area contributed by atoms with Crippen molar-refractivity contribution < 1.29 is 23.9 Å². The predicted octanol–water partition coefficient (Wildman–Crippen LogP) is 6.26. The molecule has 0 saturated carbocycles. The molecule has 36 heavy (non-hydrogen) atoms. The number of carbonyl (C=O) groups is 3. The lowest BCUT2D eigenvalue weighted by atomic mass is 10.1. The summed E-state index contributed by atoms with van der Waals surface area (Å²) >= 11 is 13.4. The summed E-state index contributed by atoms with van der Waals surface area (Å²) in [6, 6.07) is 19.2. The Balaban J connectivity index is 1.48. The van der Waals surface area contributed by atoms with Crippen LogP contribution in [0.4, 0.5) is 10.5 Å². The van der Waals surface area contributed by atoms with Gasteiger partial charge >= 0.3 is 0 Å². The van der Waals surface area contributed by atoms with Crippen LogP contribution in [-0.4, -0.2) is 35.7 Å². The van der Waals surface area contributed by atoms with E-state index < -0.39 is 11.1 Å². The lowest BCUT2D eigenvalue weighted by Crippen LogP contribution is -2.27. The van der Waals surface area contributed by atoms with E-state index in [0.29, 0.717) is 21.8 Å². The third kappa shape index (κ3) is 6.02. The van der Waals surface area contributed by atoms with Gasteiger partial charge in [0, 0.05) is 10.7 Å². The molecule has 0 spiro atoms. The lowest BCUT2D eigenvalue weighted by Gasteiger charge is -2.14. The van der Waals surface area contributed by atoms with Gasteiger partial charge < -0.3 is 14.8 Å². The van der Waals surface area contributed by atoms with Crippen LogP contribution < -0.4 is 14.8 Å². The molecule has 0 atom stereocenters. The fourth-order valence-electron chi connectivity index (χ4n) is 3.40. The first kappa shape index (κ1) is 25.6. The van der Waals surface area contributed by atoms with Crippen LogP contribution in [0.25, 0.3) is 6.08 Å². The van der Waals surface area contributed by atoms with Crippen molar-refractivity contribution in [2.24, 2.45) is 0 Å². The Hall–Kier alpha value is -3.46. The van der Waals surface area contributed by atoms with Crippen molar-refractivity contribution in [2.45, 2.75) is 6.54 Å². The third-order valence-electron chi connectivity index (χ3n) is 5.11. The number of anilines is 1. The van der Waals surface area contributed by atoms with Gasteiger partial charge in [0.25, 0.3) is 17.1 Å². The van der Waals surface area contributed by atoms with Crippen LogP contribution in [0.15, 0.2) is 71.6 Å². The van der Waals surface area contributed by atoms with Crippen molar-refractivity contribution in [3.05, 3.63) is 92.8 Å². The Labute approximate surface area is 222 Å². The molecule has 0 radical (unpaired) electrons. The van der Waals surface area contributed by atoms with Crippen LogP contribution in [0.5, 0.6) is 11.5 Å². The van der Waals surface area contributed by atoms with Crippen molar-refractivity contribution >= 4 is 63.8 Å². The van der Waals surface area contributed by atoms with Crippen LogP contribution in [-0.2, 0) is 16.1 Å². The van der Waals surface area contributed by atoms with Crippen LogP contribution in [0.3, 0.4) is 0 Å². The molecule has 10 heteroatoms. The number of nitrogens with one attached hydrogen (secondary N) is 1. The number of hydrogen-bond donors (Lipinski definition) is 1. The molecule has 3 amide bonds. The maximum absolute atomic E-state index is 12.9. The maximum atomic E-state index is 12.9. The number of nitrogens with zero attached hydrogens (tertiary/aromatic N) is 1. The number of hydrogen-bond acceptors (Lipinski definition) is 6. The van der Waals surface area contributed by atoms with Crippen LogP contribution in [0.2, 0.25) is 10.0 Å². The molecule has 0 aromatic heterocycles. The van der Waals surface area contributed by atoms with Gasteiger partial charge in [-0.2, -0.15) is 0 Å². The van der Waals surface area contributed by atoms with Gasteiger partial charge in [0.2, 0.25) is 0 Å². The minimum Gasteiger partial charge on any atom is -0.493 e. The highest BCUT2D eigenvalue weighted by Gasteiger charge is 2.35. The Morgan fingerprint density at radius 2 is 1.75 bits per heavy atom. The van der Waals surface area contributed by atoms with Gasteiger partial charge in [0.15, 0.2) is 18.1 Å². The van der Waals surface area contributed by atoms with E-state index in [4.69, 9.17) is 32.7 Å². The van der Waals surface area contributed by atoms with Crippen molar-refractivity contribution in [1.82, 2.24) is 4.90 Å². The zero-order valence-corrected chi connectivity index (χ0v) is 21.3. The lowest BCUT2D eigenvalue weighted by molar-refractivity contribution is -0.123. The van der Waals surface area contributed by atoms with Gasteiger partial charge in [0.05, 0.1) is 23.6 Å². The molecule has 1 heterocycles. The van der Waals surface area contributed by atoms with Crippen molar-refractivity contribution in [3.63, 3.8) is 0 Å². The average molecular weight is 543 g/mol. The summed E-state index contributed by atoms with van der Waals surface area (Å²) in [5.74, 6) is -0.337. The van der Waals surface area contributed by atoms with Gasteiger partial charge in [-0.15, -0.1) is 0 Å². The average Bonchev–Trinajstić information content (AvgIpc) is 3.12. The number of thioether (sulfide) groups is 1. The largest absolute Gasteiger partial charge is 0.493 e. The molecule has 7 nitrogen and oxygen atoms in total. The first-order valence-electron chi connectivity index (χ1n) is 10.7. The second kappa shape index (κ2) is 11.5. The molecule has 1 N–H and O–H groups in total. The standard InChI is InChI=1S/C26H20Cl2N2O5S/c1-34-21-12-16(11-20(28)24(21)35-15-23(31)29-18-8-3-2-4-9-18)13-22-25(32)30(26(33)36-22)14-17-7-5-6-10-19(17)27/h2-13H,14-15H2,1H3,(H,29,31)/b22-13-. The second-order valence-electron chi connectivity index (χ2n) is 7.60. The minimum absolute atomic E-state index is 0.0730. The zero-order valence-electron chi connectivity index (χ0n) is 19.0. The normalized spacial score (nSPS) is 14.3. The number of halogens is 2. The van der Waals surface area contributed by atoms with E-state index in [1.54, 1.807) is 66.7 Å². The van der Waals surface area contributed by atoms with Gasteiger partial charge in [-0.1, -0.05) is 59.6 Å². The van der Waals surface area contributed by atoms with E-state index in [9.17, 15) is 14.4 Å². The van der Waals surface area contributed by atoms with E-state index in [2.05, 4.69) is 5.32 Å². The smallest absolute Gasteiger partial charge is 0.293 e. The molecule has 3 aromatic rings. The number of imide groups is 1. The molecular formula is C26H20Cl2N2O5S. The number of para-hydroxylation sites is 1. The summed E-state index contributed by atoms with van der Waals surface area (Å²) in [6.07, 6.45) is 1.55. The Kier molecular flexibility index (Phi) is 8.20. The molecule has 1 saturated heterocycles. The molecule has 3 aromatic carbocycles. The number of methoxy groups -OCH3 is 1. The van der Waals surface area contributed by atoms with Crippen molar-refractivity contribution in [3.8, 4) is 11.5 Å². The number of benzene rings is 3. The molecule has 4 rings (SSSR count). The van der Waals surface area contributed by atoms with E-state index in [1.807, 2.05) is 6.07 Å². The van der Waals surface area contributed by atoms with Crippen molar-refractivity contribution in [1.29, 1.82) is 0 Å². The van der Waals surface area contributed by atoms with E-state index in [1.165, 1.54) is 7.11 Å². The molecule has 1 fully saturated rings. The molecule has 0 aliphatic carbocycles. The molecule has 0 bridgehead atoms. The Morgan fingerprint density at radius 3 is 2.47 bits per heavy atom. The number of ether oxygens (including phenoxy) is 2. The number of carbonyl (C=O) groups excluding carboxylic acids is 3. The van der Waals surface area contributed by atoms with E-state index in [-0.39, 0.29) is 40.5 Å². The fourth-order valence-corrected chi connectivity index (χ4v) is 4.71. The maximum Gasteiger partial charge on any atom is 0.293 e. The summed E-state index contributed by atoms with van der Waals surface area (Å²) < 4.78 is 11.0. The summed E-state index contributed by atoms with van der Waals surface area (Å²) in [6.45, 7) is -0.213. The van der Waals surface area contributed by atoms with Crippen LogP contribution >= 0.6 is 35.0 Å². The molecule has 0 unspecified atom stereocenters. The topological polar surface area (TPSA) is 84.9 Å². The summed E-state index contributed by atoms with van der Waals surface area (Å²) in [7, 11) is 1.43. The molecule has 1 aliphatic rings. The number of rotatable bonds is 8. The summed E-state index contributed by atoms with van der Waals surface area (Å²) in [5, 5.41) is 2.99. The van der Waals surface area contributed by atoms with Gasteiger partial charge in [-0.3, -0.25) is 19.3 Å². The van der Waals surface area contributed by atoms with Crippen LogP contribution in [0.1, 0.15) is 11.1 Å². The SMILES string of the molecule is COc1cc(/C=C2\SC(=O)N(Cc3ccccc3Cl)C2=O)cc(Cl)c1OCC(=O)Nc1ccccc1. The third-order valence-corrected chi connectivity index (χ3v) is 6.67. The Morgan fingerprint density at radius 1 is 1.03 bits per heavy atom. The highest BCUT2D eigenvalue weighted by molar-refractivity contribution is 8.18. The molecule has 1 aliphatic heterocycles. The second-order valence-corrected chi connectivity index (χ2v) is 9.40. The Bertz CT molecular complexity index is 1350. The quantitative estimate of drug-likeness (QED) is 0.338. The van der Waals surface area contributed by atoms with E-state index >= 15 is 0 Å². The highest BCUT2D eigenvalue weighted by Crippen LogP contribution is 2.39. The first-order valence-corrected chi connectivity index (χ1v) is 12.3. The number of amides is 3. The highest BCUT2D eigenvalue weighted by atomic mass is 35.5. The van der Waals surface area contributed by atoms with Crippen LogP contribution in [0, 0.1) is 0 Å². The van der Waals surface area contributed by atoms with E-state index in [0.717, 1.165) is 16.7 Å². The summed E-state index contributed by atoms with van der Waals surface area (Å²) in [5.41, 5.74) is 1.84. The zero-order chi connectivity index (χ0) is 25.7. The fraction of sp³-hybridized carbons (Fsp3) is 0.115. The molecular weight excluding hydrogens is 523 g/mol. The monoisotopic (exact) mass is 542 g/mol. The van der Waals surface area contributed by atoms with Gasteiger partial charge in [-0.05, 0) is 59.3 Å². The summed E-state index contributed by atoms with van der Waals surface area (Å²) in [4.78, 5) is 39.0.